The monoisotopic (exact) mass is 354 g/mol. The molecule has 1 amide bonds. The molecular formula is C24H22N2O. The Labute approximate surface area is 159 Å². The van der Waals surface area contributed by atoms with Crippen LogP contribution < -0.4 is 5.01 Å². The SMILES string of the molecule is O=C1[C@@H](c2ccccc2)c2ccccc2N1N1CCC[C@H]1c1ccccc1. The standard InChI is InChI=1S/C24H22N2O/c27-24-23(19-12-5-2-6-13-19)20-14-7-8-15-22(20)26(24)25-17-9-16-21(25)18-10-3-1-4-11-18/h1-8,10-15,21,23H,9,16-17H2/t21-,23-/m0/s1. The molecule has 3 aromatic carbocycles. The molecule has 1 fully saturated rings. The summed E-state index contributed by atoms with van der Waals surface area (Å²) < 4.78 is 0. The van der Waals surface area contributed by atoms with Crippen LogP contribution in [-0.2, 0) is 4.79 Å². The van der Waals surface area contributed by atoms with Gasteiger partial charge in [-0.1, -0.05) is 78.9 Å². The highest BCUT2D eigenvalue weighted by Crippen LogP contribution is 2.45. The molecule has 2 aliphatic rings. The van der Waals surface area contributed by atoms with E-state index in [-0.39, 0.29) is 17.9 Å². The predicted molar refractivity (Wildman–Crippen MR) is 107 cm³/mol. The molecular weight excluding hydrogens is 332 g/mol. The molecule has 0 bridgehead atoms. The molecule has 2 atom stereocenters. The van der Waals surface area contributed by atoms with Gasteiger partial charge in [-0.05, 0) is 35.6 Å². The topological polar surface area (TPSA) is 23.6 Å². The van der Waals surface area contributed by atoms with Crippen LogP contribution in [0, 0.1) is 0 Å². The molecule has 134 valence electrons. The second kappa shape index (κ2) is 6.67. The molecule has 5 rings (SSSR count). The van der Waals surface area contributed by atoms with Gasteiger partial charge in [0.05, 0.1) is 17.6 Å². The lowest BCUT2D eigenvalue weighted by molar-refractivity contribution is -0.121. The minimum atomic E-state index is -0.223. The van der Waals surface area contributed by atoms with Crippen molar-refractivity contribution in [2.45, 2.75) is 24.8 Å². The summed E-state index contributed by atoms with van der Waals surface area (Å²) in [5.74, 6) is -0.0651. The van der Waals surface area contributed by atoms with Crippen LogP contribution in [0.3, 0.4) is 0 Å². The van der Waals surface area contributed by atoms with E-state index in [1.807, 2.05) is 41.4 Å². The summed E-state index contributed by atoms with van der Waals surface area (Å²) in [4.78, 5) is 13.6. The predicted octanol–water partition coefficient (Wildman–Crippen LogP) is 4.92. The zero-order valence-corrected chi connectivity index (χ0v) is 15.2. The Morgan fingerprint density at radius 2 is 1.37 bits per heavy atom. The Morgan fingerprint density at radius 3 is 2.11 bits per heavy atom. The van der Waals surface area contributed by atoms with E-state index in [1.54, 1.807) is 0 Å². The molecule has 0 spiro atoms. The molecule has 0 radical (unpaired) electrons. The van der Waals surface area contributed by atoms with Crippen LogP contribution >= 0.6 is 0 Å². The lowest BCUT2D eigenvalue weighted by Crippen LogP contribution is -2.45. The zero-order valence-electron chi connectivity index (χ0n) is 15.2. The number of benzene rings is 3. The van der Waals surface area contributed by atoms with Crippen molar-refractivity contribution in [3.8, 4) is 0 Å². The van der Waals surface area contributed by atoms with Crippen LogP contribution in [0.4, 0.5) is 5.69 Å². The Balaban J connectivity index is 1.58. The van der Waals surface area contributed by atoms with Gasteiger partial charge in [0, 0.05) is 6.54 Å². The van der Waals surface area contributed by atoms with Crippen LogP contribution in [0.2, 0.25) is 0 Å². The fourth-order valence-electron chi connectivity index (χ4n) is 4.54. The van der Waals surface area contributed by atoms with Crippen molar-refractivity contribution in [2.75, 3.05) is 11.6 Å². The molecule has 2 aliphatic heterocycles. The molecule has 0 aliphatic carbocycles. The Kier molecular flexibility index (Phi) is 4.02. The largest absolute Gasteiger partial charge is 0.272 e. The van der Waals surface area contributed by atoms with E-state index >= 15 is 0 Å². The number of hydrogen-bond acceptors (Lipinski definition) is 2. The van der Waals surface area contributed by atoms with Gasteiger partial charge < -0.3 is 0 Å². The van der Waals surface area contributed by atoms with Crippen molar-refractivity contribution in [3.05, 3.63) is 102 Å². The fourth-order valence-corrected chi connectivity index (χ4v) is 4.54. The van der Waals surface area contributed by atoms with Gasteiger partial charge in [0.25, 0.3) is 5.91 Å². The third-order valence-electron chi connectivity index (χ3n) is 5.73. The van der Waals surface area contributed by atoms with E-state index in [0.29, 0.717) is 0 Å². The van der Waals surface area contributed by atoms with Gasteiger partial charge in [-0.2, -0.15) is 0 Å². The van der Waals surface area contributed by atoms with Crippen molar-refractivity contribution < 1.29 is 4.79 Å². The molecule has 0 N–H and O–H groups in total. The van der Waals surface area contributed by atoms with Crippen molar-refractivity contribution in [2.24, 2.45) is 0 Å². The summed E-state index contributed by atoms with van der Waals surface area (Å²) >= 11 is 0. The molecule has 0 unspecified atom stereocenters. The number of fused-ring (bicyclic) bond motifs is 1. The highest BCUT2D eigenvalue weighted by Gasteiger charge is 2.44. The number of rotatable bonds is 3. The van der Waals surface area contributed by atoms with Crippen LogP contribution in [0.15, 0.2) is 84.9 Å². The first-order chi connectivity index (χ1) is 13.3. The van der Waals surface area contributed by atoms with Gasteiger partial charge in [-0.3, -0.25) is 4.79 Å². The Morgan fingerprint density at radius 1 is 0.741 bits per heavy atom. The fraction of sp³-hybridized carbons (Fsp3) is 0.208. The summed E-state index contributed by atoms with van der Waals surface area (Å²) in [5.41, 5.74) is 4.47. The van der Waals surface area contributed by atoms with Gasteiger partial charge in [-0.25, -0.2) is 10.0 Å². The summed E-state index contributed by atoms with van der Waals surface area (Å²) in [5, 5.41) is 4.23. The summed E-state index contributed by atoms with van der Waals surface area (Å²) in [7, 11) is 0. The maximum atomic E-state index is 13.6. The average molecular weight is 354 g/mol. The number of hydrazine groups is 1. The molecule has 27 heavy (non-hydrogen) atoms. The third kappa shape index (κ3) is 2.66. The molecule has 3 heteroatoms. The van der Waals surface area contributed by atoms with Crippen molar-refractivity contribution in [1.82, 2.24) is 5.01 Å². The van der Waals surface area contributed by atoms with Gasteiger partial charge in [-0.15, -0.1) is 0 Å². The first-order valence-corrected chi connectivity index (χ1v) is 9.64. The summed E-state index contributed by atoms with van der Waals surface area (Å²) in [6.45, 7) is 0.904. The highest BCUT2D eigenvalue weighted by molar-refractivity contribution is 6.06. The van der Waals surface area contributed by atoms with Crippen LogP contribution in [0.1, 0.15) is 41.5 Å². The lowest BCUT2D eigenvalue weighted by Gasteiger charge is -2.34. The van der Waals surface area contributed by atoms with E-state index in [9.17, 15) is 4.79 Å². The smallest absolute Gasteiger partial charge is 0.253 e. The number of amides is 1. The molecule has 0 saturated carbocycles. The van der Waals surface area contributed by atoms with Crippen LogP contribution in [-0.4, -0.2) is 17.5 Å². The average Bonchev–Trinajstić information content (AvgIpc) is 3.31. The quantitative estimate of drug-likeness (QED) is 0.667. The van der Waals surface area contributed by atoms with Crippen molar-refractivity contribution in [3.63, 3.8) is 0 Å². The van der Waals surface area contributed by atoms with E-state index in [2.05, 4.69) is 53.5 Å². The van der Waals surface area contributed by atoms with E-state index in [4.69, 9.17) is 0 Å². The van der Waals surface area contributed by atoms with Gasteiger partial charge in [0.1, 0.15) is 0 Å². The maximum absolute atomic E-state index is 13.6. The zero-order chi connectivity index (χ0) is 18.2. The van der Waals surface area contributed by atoms with Gasteiger partial charge in [0.15, 0.2) is 0 Å². The Bertz CT molecular complexity index is 954. The summed E-state index contributed by atoms with van der Waals surface area (Å²) in [6, 6.07) is 29.2. The number of hydrogen-bond donors (Lipinski definition) is 0. The number of carbonyl (C=O) groups excluding carboxylic acids is 1. The third-order valence-corrected chi connectivity index (χ3v) is 5.73. The summed E-state index contributed by atoms with van der Waals surface area (Å²) in [6.07, 6.45) is 2.17. The van der Waals surface area contributed by atoms with Gasteiger partial charge >= 0.3 is 0 Å². The first-order valence-electron chi connectivity index (χ1n) is 9.64. The highest BCUT2D eigenvalue weighted by atomic mass is 16.2. The first kappa shape index (κ1) is 16.3. The molecule has 0 aromatic heterocycles. The van der Waals surface area contributed by atoms with Crippen LogP contribution in [0.5, 0.6) is 0 Å². The molecule has 3 nitrogen and oxygen atoms in total. The van der Waals surface area contributed by atoms with E-state index < -0.39 is 0 Å². The lowest BCUT2D eigenvalue weighted by atomic mass is 9.93. The van der Waals surface area contributed by atoms with E-state index in [1.165, 1.54) is 5.56 Å². The van der Waals surface area contributed by atoms with Crippen molar-refractivity contribution in [1.29, 1.82) is 0 Å². The number of para-hydroxylation sites is 1. The van der Waals surface area contributed by atoms with Gasteiger partial charge in [0.2, 0.25) is 0 Å². The van der Waals surface area contributed by atoms with Crippen molar-refractivity contribution >= 4 is 11.6 Å². The van der Waals surface area contributed by atoms with E-state index in [0.717, 1.165) is 36.2 Å². The second-order valence-corrected chi connectivity index (χ2v) is 7.28. The Hall–Kier alpha value is -2.91. The minimum absolute atomic E-state index is 0.158. The normalized spacial score (nSPS) is 22.2. The molecule has 1 saturated heterocycles. The number of anilines is 1. The second-order valence-electron chi connectivity index (χ2n) is 7.28. The number of nitrogens with zero attached hydrogens (tertiary/aromatic N) is 2. The molecule has 2 heterocycles. The number of carbonyl (C=O) groups is 1. The molecule has 3 aromatic rings. The van der Waals surface area contributed by atoms with Crippen LogP contribution in [0.25, 0.3) is 0 Å². The minimum Gasteiger partial charge on any atom is -0.272 e. The maximum Gasteiger partial charge on any atom is 0.253 e.